The SMILES string of the molecule is CCCCCCCCCC(N=[N+]=[N-])[C@]1(CO)O[C@H](O[C@H]2[C@H](O)[C@@H](O)[C@H](O)O[C@@H]2CO)[C@H](O)[C@@H](O)[C@H]1O. The Morgan fingerprint density at radius 2 is 1.56 bits per heavy atom. The molecule has 2 saturated heterocycles. The molecule has 14 heteroatoms. The molecule has 2 aliphatic rings. The number of hydrogen-bond donors (Lipinski definition) is 8. The molecule has 8 N–H and O–H groups in total. The van der Waals surface area contributed by atoms with E-state index in [9.17, 15) is 40.9 Å². The predicted molar refractivity (Wildman–Crippen MR) is 123 cm³/mol. The van der Waals surface area contributed by atoms with E-state index in [0.29, 0.717) is 6.42 Å². The van der Waals surface area contributed by atoms with Gasteiger partial charge in [0.15, 0.2) is 12.6 Å². The maximum Gasteiger partial charge on any atom is 0.187 e. The molecule has 2 rings (SSSR count). The van der Waals surface area contributed by atoms with E-state index in [4.69, 9.17) is 19.7 Å². The van der Waals surface area contributed by atoms with Gasteiger partial charge in [-0.1, -0.05) is 57.0 Å². The zero-order chi connectivity index (χ0) is 26.9. The maximum absolute atomic E-state index is 10.8. The molecule has 2 aliphatic heterocycles. The molecule has 0 saturated carbocycles. The van der Waals surface area contributed by atoms with Gasteiger partial charge in [0.1, 0.15) is 48.3 Å². The Balaban J connectivity index is 2.20. The first kappa shape index (κ1) is 31.1. The Hall–Kier alpha value is -1.13. The van der Waals surface area contributed by atoms with Crippen LogP contribution in [0.2, 0.25) is 0 Å². The Bertz CT molecular complexity index is 698. The van der Waals surface area contributed by atoms with Gasteiger partial charge in [-0.25, -0.2) is 0 Å². The van der Waals surface area contributed by atoms with Crippen molar-refractivity contribution in [3.05, 3.63) is 10.4 Å². The van der Waals surface area contributed by atoms with Gasteiger partial charge < -0.3 is 55.1 Å². The van der Waals surface area contributed by atoms with E-state index in [1.165, 1.54) is 0 Å². The number of hydrogen-bond acceptors (Lipinski definition) is 12. The molecule has 210 valence electrons. The van der Waals surface area contributed by atoms with Crippen LogP contribution in [0.3, 0.4) is 0 Å². The van der Waals surface area contributed by atoms with E-state index >= 15 is 0 Å². The third-order valence-corrected chi connectivity index (χ3v) is 7.00. The summed E-state index contributed by atoms with van der Waals surface area (Å²) in [5.74, 6) is 0. The molecule has 0 spiro atoms. The summed E-state index contributed by atoms with van der Waals surface area (Å²) in [5, 5.41) is 85.4. The molecule has 2 heterocycles. The van der Waals surface area contributed by atoms with Gasteiger partial charge in [-0.2, -0.15) is 0 Å². The second kappa shape index (κ2) is 14.7. The Labute approximate surface area is 209 Å². The largest absolute Gasteiger partial charge is 0.394 e. The summed E-state index contributed by atoms with van der Waals surface area (Å²) in [6.07, 6.45) is -8.83. The van der Waals surface area contributed by atoms with Gasteiger partial charge in [-0.3, -0.25) is 0 Å². The summed E-state index contributed by atoms with van der Waals surface area (Å²) in [7, 11) is 0. The molecule has 0 radical (unpaired) electrons. The van der Waals surface area contributed by atoms with Crippen LogP contribution in [0.1, 0.15) is 58.3 Å². The molecule has 0 bridgehead atoms. The van der Waals surface area contributed by atoms with Gasteiger partial charge in [-0.15, -0.1) is 0 Å². The zero-order valence-electron chi connectivity index (χ0n) is 20.5. The van der Waals surface area contributed by atoms with Crippen LogP contribution >= 0.6 is 0 Å². The van der Waals surface area contributed by atoms with E-state index in [-0.39, 0.29) is 6.42 Å². The molecule has 0 aromatic carbocycles. The molecule has 2 fully saturated rings. The fourth-order valence-electron chi connectivity index (χ4n) is 4.76. The second-order valence-electron chi connectivity index (χ2n) is 9.49. The first-order valence-corrected chi connectivity index (χ1v) is 12.5. The standard InChI is InChI=1S/C22H41N3O11/c1-2-3-4-5-6-7-8-9-13(24-25-23)22(11-27)19(32)15(29)17(31)21(36-22)35-18-12(10-26)34-20(33)16(30)14(18)28/h12-21,26-33H,2-11H2,1H3/t12-,13?,14-,15-,16-,17-,18-,19-,20-,21+,22+/m1/s1. The highest BCUT2D eigenvalue weighted by atomic mass is 16.7. The van der Waals surface area contributed by atoms with Crippen LogP contribution in [-0.4, -0.2) is 121 Å². The smallest absolute Gasteiger partial charge is 0.187 e. The fraction of sp³-hybridized carbons (Fsp3) is 1.00. The summed E-state index contributed by atoms with van der Waals surface area (Å²) in [5.41, 5.74) is 7.07. The summed E-state index contributed by atoms with van der Waals surface area (Å²) in [6.45, 7) is 0.463. The van der Waals surface area contributed by atoms with Crippen molar-refractivity contribution < 1.29 is 55.1 Å². The highest BCUT2D eigenvalue weighted by Gasteiger charge is 2.58. The number of nitrogens with zero attached hydrogens (tertiary/aromatic N) is 3. The zero-order valence-corrected chi connectivity index (χ0v) is 20.5. The van der Waals surface area contributed by atoms with Crippen molar-refractivity contribution in [3.8, 4) is 0 Å². The molecule has 0 aliphatic carbocycles. The quantitative estimate of drug-likeness (QED) is 0.0581. The minimum absolute atomic E-state index is 0.199. The van der Waals surface area contributed by atoms with Gasteiger partial charge in [0.05, 0.1) is 19.3 Å². The van der Waals surface area contributed by atoms with Crippen LogP contribution in [0.15, 0.2) is 5.11 Å². The number of unbranched alkanes of at least 4 members (excludes halogenated alkanes) is 6. The highest BCUT2D eigenvalue weighted by Crippen LogP contribution is 2.38. The van der Waals surface area contributed by atoms with Crippen molar-refractivity contribution in [2.75, 3.05) is 13.2 Å². The lowest BCUT2D eigenvalue weighted by molar-refractivity contribution is -0.377. The molecule has 36 heavy (non-hydrogen) atoms. The summed E-state index contributed by atoms with van der Waals surface area (Å²) in [6, 6.07) is -1.15. The minimum Gasteiger partial charge on any atom is -0.394 e. The normalized spacial score (nSPS) is 40.0. The average Bonchev–Trinajstić information content (AvgIpc) is 2.87. The second-order valence-corrected chi connectivity index (χ2v) is 9.49. The lowest BCUT2D eigenvalue weighted by Gasteiger charge is -2.51. The van der Waals surface area contributed by atoms with Gasteiger partial charge >= 0.3 is 0 Å². The third kappa shape index (κ3) is 7.04. The topological polar surface area (TPSA) is 238 Å². The van der Waals surface area contributed by atoms with E-state index in [1.54, 1.807) is 0 Å². The Morgan fingerprint density at radius 3 is 2.14 bits per heavy atom. The lowest BCUT2D eigenvalue weighted by Crippen LogP contribution is -2.71. The number of aliphatic hydroxyl groups excluding tert-OH is 8. The van der Waals surface area contributed by atoms with Crippen molar-refractivity contribution in [3.63, 3.8) is 0 Å². The van der Waals surface area contributed by atoms with Crippen LogP contribution in [0.5, 0.6) is 0 Å². The van der Waals surface area contributed by atoms with Gasteiger partial charge in [0.2, 0.25) is 0 Å². The Kier molecular flexibility index (Phi) is 12.7. The Morgan fingerprint density at radius 1 is 0.917 bits per heavy atom. The minimum atomic E-state index is -2.06. The molecule has 0 aromatic rings. The third-order valence-electron chi connectivity index (χ3n) is 7.00. The van der Waals surface area contributed by atoms with Crippen LogP contribution in [0.25, 0.3) is 10.4 Å². The first-order chi connectivity index (χ1) is 17.2. The van der Waals surface area contributed by atoms with Crippen LogP contribution in [0, 0.1) is 0 Å². The molecule has 1 unspecified atom stereocenters. The first-order valence-electron chi connectivity index (χ1n) is 12.5. The van der Waals surface area contributed by atoms with E-state index in [1.807, 2.05) is 0 Å². The average molecular weight is 524 g/mol. The molecule has 14 nitrogen and oxygen atoms in total. The van der Waals surface area contributed by atoms with Crippen LogP contribution < -0.4 is 0 Å². The van der Waals surface area contributed by atoms with E-state index in [0.717, 1.165) is 38.5 Å². The van der Waals surface area contributed by atoms with E-state index < -0.39 is 80.2 Å². The summed E-state index contributed by atoms with van der Waals surface area (Å²) >= 11 is 0. The number of rotatable bonds is 14. The molecular formula is C22H41N3O11. The molecule has 0 aromatic heterocycles. The van der Waals surface area contributed by atoms with Gasteiger partial charge in [0.25, 0.3) is 0 Å². The van der Waals surface area contributed by atoms with Crippen LogP contribution in [0.4, 0.5) is 0 Å². The van der Waals surface area contributed by atoms with E-state index in [2.05, 4.69) is 16.9 Å². The molecule has 11 atom stereocenters. The molecule has 0 amide bonds. The lowest BCUT2D eigenvalue weighted by atomic mass is 9.79. The highest BCUT2D eigenvalue weighted by molar-refractivity contribution is 5.07. The maximum atomic E-state index is 10.8. The summed E-state index contributed by atoms with van der Waals surface area (Å²) in [4.78, 5) is 2.80. The number of azide groups is 1. The van der Waals surface area contributed by atoms with Gasteiger partial charge in [-0.05, 0) is 12.0 Å². The van der Waals surface area contributed by atoms with Gasteiger partial charge in [0, 0.05) is 4.91 Å². The number of aliphatic hydroxyl groups is 8. The fourth-order valence-corrected chi connectivity index (χ4v) is 4.76. The van der Waals surface area contributed by atoms with Crippen molar-refractivity contribution >= 4 is 0 Å². The van der Waals surface area contributed by atoms with Crippen molar-refractivity contribution in [2.24, 2.45) is 5.11 Å². The van der Waals surface area contributed by atoms with Crippen molar-refractivity contribution in [1.82, 2.24) is 0 Å². The van der Waals surface area contributed by atoms with Crippen molar-refractivity contribution in [2.45, 2.75) is 125 Å². The summed E-state index contributed by atoms with van der Waals surface area (Å²) < 4.78 is 16.4. The van der Waals surface area contributed by atoms with Crippen molar-refractivity contribution in [1.29, 1.82) is 0 Å². The number of ether oxygens (including phenoxy) is 3. The predicted octanol–water partition coefficient (Wildman–Crippen LogP) is -1.21. The van der Waals surface area contributed by atoms with Crippen LogP contribution in [-0.2, 0) is 14.2 Å². The molecular weight excluding hydrogens is 482 g/mol. The monoisotopic (exact) mass is 523 g/mol.